The van der Waals surface area contributed by atoms with Gasteiger partial charge >= 0.3 is 5.97 Å². The molecular formula is C19H19NO5. The molecule has 2 rings (SSSR count). The highest BCUT2D eigenvalue weighted by atomic mass is 16.6. The van der Waals surface area contributed by atoms with Crippen molar-refractivity contribution in [2.24, 2.45) is 0 Å². The van der Waals surface area contributed by atoms with Crippen LogP contribution in [0.3, 0.4) is 0 Å². The SMILES string of the molecule is CCOC(=O)C(O)(/C(C)=C/c1ccccc1)c1ccc([N+](=O)[O-])cc1. The summed E-state index contributed by atoms with van der Waals surface area (Å²) in [4.78, 5) is 22.7. The molecule has 130 valence electrons. The molecule has 0 fully saturated rings. The van der Waals surface area contributed by atoms with Crippen LogP contribution >= 0.6 is 0 Å². The third-order valence-corrected chi connectivity index (χ3v) is 3.82. The second kappa shape index (κ2) is 7.72. The molecule has 0 aliphatic carbocycles. The van der Waals surface area contributed by atoms with Gasteiger partial charge in [-0.05, 0) is 42.7 Å². The number of nitro benzene ring substituents is 1. The van der Waals surface area contributed by atoms with Gasteiger partial charge in [-0.2, -0.15) is 0 Å². The van der Waals surface area contributed by atoms with Crippen LogP contribution in [0.1, 0.15) is 25.0 Å². The molecule has 6 nitrogen and oxygen atoms in total. The van der Waals surface area contributed by atoms with Crippen LogP contribution in [-0.2, 0) is 15.1 Å². The fourth-order valence-corrected chi connectivity index (χ4v) is 2.47. The predicted octanol–water partition coefficient (Wildman–Crippen LogP) is 3.45. The Labute approximate surface area is 145 Å². The minimum atomic E-state index is -2.03. The van der Waals surface area contributed by atoms with Gasteiger partial charge in [-0.3, -0.25) is 10.1 Å². The first kappa shape index (κ1) is 18.4. The maximum Gasteiger partial charge on any atom is 0.347 e. The number of nitro groups is 1. The Kier molecular flexibility index (Phi) is 5.67. The molecule has 0 aliphatic rings. The topological polar surface area (TPSA) is 89.7 Å². The molecule has 0 heterocycles. The van der Waals surface area contributed by atoms with Crippen molar-refractivity contribution < 1.29 is 19.6 Å². The van der Waals surface area contributed by atoms with Gasteiger partial charge in [0.2, 0.25) is 5.60 Å². The van der Waals surface area contributed by atoms with Gasteiger partial charge in [0.15, 0.2) is 0 Å². The average Bonchev–Trinajstić information content (AvgIpc) is 2.62. The number of hydrogen-bond acceptors (Lipinski definition) is 5. The highest BCUT2D eigenvalue weighted by Crippen LogP contribution is 2.33. The van der Waals surface area contributed by atoms with Crippen LogP contribution in [0.2, 0.25) is 0 Å². The fourth-order valence-electron chi connectivity index (χ4n) is 2.47. The lowest BCUT2D eigenvalue weighted by Crippen LogP contribution is -2.38. The number of aliphatic hydroxyl groups is 1. The molecule has 25 heavy (non-hydrogen) atoms. The zero-order chi connectivity index (χ0) is 18.4. The number of rotatable bonds is 6. The van der Waals surface area contributed by atoms with E-state index in [1.807, 2.05) is 30.3 Å². The first-order chi connectivity index (χ1) is 11.9. The van der Waals surface area contributed by atoms with Crippen LogP contribution < -0.4 is 0 Å². The number of benzene rings is 2. The molecule has 2 aromatic rings. The highest BCUT2D eigenvalue weighted by molar-refractivity contribution is 5.86. The number of esters is 1. The Hall–Kier alpha value is -2.99. The molecule has 2 aromatic carbocycles. The molecular weight excluding hydrogens is 322 g/mol. The summed E-state index contributed by atoms with van der Waals surface area (Å²) in [5, 5.41) is 21.9. The Balaban J connectivity index is 2.52. The lowest BCUT2D eigenvalue weighted by Gasteiger charge is -2.27. The van der Waals surface area contributed by atoms with Gasteiger partial charge in [0, 0.05) is 12.1 Å². The first-order valence-electron chi connectivity index (χ1n) is 7.78. The normalized spacial score (nSPS) is 13.8. The Morgan fingerprint density at radius 3 is 2.32 bits per heavy atom. The fraction of sp³-hybridized carbons (Fsp3) is 0.211. The first-order valence-corrected chi connectivity index (χ1v) is 7.78. The number of nitrogens with zero attached hydrogens (tertiary/aromatic N) is 1. The summed E-state index contributed by atoms with van der Waals surface area (Å²) >= 11 is 0. The van der Waals surface area contributed by atoms with Crippen molar-refractivity contribution in [3.63, 3.8) is 0 Å². The van der Waals surface area contributed by atoms with Crippen molar-refractivity contribution in [1.82, 2.24) is 0 Å². The average molecular weight is 341 g/mol. The van der Waals surface area contributed by atoms with E-state index in [-0.39, 0.29) is 17.9 Å². The van der Waals surface area contributed by atoms with Crippen molar-refractivity contribution in [2.45, 2.75) is 19.4 Å². The monoisotopic (exact) mass is 341 g/mol. The number of carbonyl (C=O) groups excluding carboxylic acids is 1. The Morgan fingerprint density at radius 1 is 1.20 bits per heavy atom. The number of hydrogen-bond donors (Lipinski definition) is 1. The second-order valence-corrected chi connectivity index (χ2v) is 5.47. The van der Waals surface area contributed by atoms with Gasteiger partial charge in [0.1, 0.15) is 0 Å². The summed E-state index contributed by atoms with van der Waals surface area (Å²) < 4.78 is 5.03. The summed E-state index contributed by atoms with van der Waals surface area (Å²) in [6.45, 7) is 3.36. The van der Waals surface area contributed by atoms with Crippen LogP contribution in [-0.4, -0.2) is 22.6 Å². The molecule has 1 atom stereocenters. The zero-order valence-corrected chi connectivity index (χ0v) is 14.0. The van der Waals surface area contributed by atoms with Gasteiger partial charge in [-0.1, -0.05) is 36.4 Å². The van der Waals surface area contributed by atoms with Crippen molar-refractivity contribution in [3.8, 4) is 0 Å². The van der Waals surface area contributed by atoms with E-state index in [0.717, 1.165) is 5.56 Å². The van der Waals surface area contributed by atoms with Crippen LogP contribution in [0.25, 0.3) is 6.08 Å². The maximum atomic E-state index is 12.5. The molecule has 1 unspecified atom stereocenters. The van der Waals surface area contributed by atoms with Gasteiger partial charge < -0.3 is 9.84 Å². The largest absolute Gasteiger partial charge is 0.463 e. The van der Waals surface area contributed by atoms with Crippen molar-refractivity contribution >= 4 is 17.7 Å². The number of carbonyl (C=O) groups is 1. The van der Waals surface area contributed by atoms with E-state index in [9.17, 15) is 20.0 Å². The second-order valence-electron chi connectivity index (χ2n) is 5.47. The van der Waals surface area contributed by atoms with Gasteiger partial charge in [-0.25, -0.2) is 4.79 Å². The van der Waals surface area contributed by atoms with E-state index < -0.39 is 16.5 Å². The zero-order valence-electron chi connectivity index (χ0n) is 14.0. The van der Waals surface area contributed by atoms with Crippen LogP contribution in [0.15, 0.2) is 60.2 Å². The number of ether oxygens (including phenoxy) is 1. The summed E-state index contributed by atoms with van der Waals surface area (Å²) in [5.74, 6) is -0.825. The quantitative estimate of drug-likeness (QED) is 0.494. The molecule has 1 N–H and O–H groups in total. The molecule has 0 saturated carbocycles. The lowest BCUT2D eigenvalue weighted by atomic mass is 9.85. The van der Waals surface area contributed by atoms with Crippen molar-refractivity contribution in [3.05, 3.63) is 81.4 Å². The minimum absolute atomic E-state index is 0.104. The van der Waals surface area contributed by atoms with E-state index in [0.29, 0.717) is 5.57 Å². The third-order valence-electron chi connectivity index (χ3n) is 3.82. The molecule has 0 aliphatic heterocycles. The van der Waals surface area contributed by atoms with Crippen molar-refractivity contribution in [1.29, 1.82) is 0 Å². The highest BCUT2D eigenvalue weighted by Gasteiger charge is 2.41. The third kappa shape index (κ3) is 3.92. The smallest absolute Gasteiger partial charge is 0.347 e. The molecule has 6 heteroatoms. The van der Waals surface area contributed by atoms with Gasteiger partial charge in [-0.15, -0.1) is 0 Å². The molecule has 0 aromatic heterocycles. The predicted molar refractivity (Wildman–Crippen MR) is 93.7 cm³/mol. The van der Waals surface area contributed by atoms with E-state index in [2.05, 4.69) is 0 Å². The van der Waals surface area contributed by atoms with E-state index in [4.69, 9.17) is 4.74 Å². The standard InChI is InChI=1S/C19H19NO5/c1-3-25-18(21)19(22,14(2)13-15-7-5-4-6-8-15)16-9-11-17(12-10-16)20(23)24/h4-13,22H,3H2,1-2H3/b14-13+. The Morgan fingerprint density at radius 2 is 1.80 bits per heavy atom. The summed E-state index contributed by atoms with van der Waals surface area (Å²) in [7, 11) is 0. The minimum Gasteiger partial charge on any atom is -0.463 e. The van der Waals surface area contributed by atoms with Crippen LogP contribution in [0.4, 0.5) is 5.69 Å². The van der Waals surface area contributed by atoms with Gasteiger partial charge in [0.05, 0.1) is 11.5 Å². The summed E-state index contributed by atoms with van der Waals surface area (Å²) in [6, 6.07) is 14.4. The van der Waals surface area contributed by atoms with E-state index in [1.54, 1.807) is 19.9 Å². The van der Waals surface area contributed by atoms with E-state index in [1.165, 1.54) is 24.3 Å². The van der Waals surface area contributed by atoms with Crippen LogP contribution in [0, 0.1) is 10.1 Å². The van der Waals surface area contributed by atoms with E-state index >= 15 is 0 Å². The summed E-state index contributed by atoms with van der Waals surface area (Å²) in [5.41, 5.74) is -0.780. The van der Waals surface area contributed by atoms with Crippen molar-refractivity contribution in [2.75, 3.05) is 6.61 Å². The Bertz CT molecular complexity index is 783. The summed E-state index contributed by atoms with van der Waals surface area (Å²) in [6.07, 6.45) is 1.68. The maximum absolute atomic E-state index is 12.5. The number of non-ortho nitro benzene ring substituents is 1. The molecule has 0 amide bonds. The molecule has 0 radical (unpaired) electrons. The lowest BCUT2D eigenvalue weighted by molar-refractivity contribution is -0.384. The molecule has 0 saturated heterocycles. The van der Waals surface area contributed by atoms with Crippen LogP contribution in [0.5, 0.6) is 0 Å². The molecule has 0 spiro atoms. The van der Waals surface area contributed by atoms with Gasteiger partial charge in [0.25, 0.3) is 5.69 Å². The molecule has 0 bridgehead atoms.